The number of aliphatic imine (C=N–C) groups is 1. The summed E-state index contributed by atoms with van der Waals surface area (Å²) >= 11 is -1.15. The van der Waals surface area contributed by atoms with Crippen molar-refractivity contribution in [2.24, 2.45) is 4.99 Å². The lowest BCUT2D eigenvalue weighted by Crippen LogP contribution is -2.26. The molecule has 0 bridgehead atoms. The van der Waals surface area contributed by atoms with Crippen LogP contribution in [0.25, 0.3) is 0 Å². The maximum absolute atomic E-state index is 4.79. The molecule has 0 heterocycles. The molecule has 3 aromatic rings. The number of para-hydroxylation sites is 1. The van der Waals surface area contributed by atoms with E-state index < -0.39 is 14.4 Å². The Labute approximate surface area is 212 Å². The molecule has 3 rings (SSSR count). The Morgan fingerprint density at radius 3 is 2.18 bits per heavy atom. The summed E-state index contributed by atoms with van der Waals surface area (Å²) in [5.41, 5.74) is 9.32. The lowest BCUT2D eigenvalue weighted by Gasteiger charge is -2.24. The summed E-state index contributed by atoms with van der Waals surface area (Å²) in [6.45, 7) is 13.8. The number of aryl methyl sites for hydroxylation is 2. The first-order valence-corrected chi connectivity index (χ1v) is 15.2. The highest BCUT2D eigenvalue weighted by Crippen LogP contribution is 2.33. The van der Waals surface area contributed by atoms with Gasteiger partial charge in [0.05, 0.1) is 5.69 Å². The lowest BCUT2D eigenvalue weighted by atomic mass is 9.93. The minimum atomic E-state index is -1.15. The van der Waals surface area contributed by atoms with Gasteiger partial charge < -0.3 is 4.30 Å². The van der Waals surface area contributed by atoms with E-state index in [2.05, 4.69) is 113 Å². The molecule has 0 saturated carbocycles. The zero-order valence-electron chi connectivity index (χ0n) is 21.9. The Balaban J connectivity index is 1.76. The van der Waals surface area contributed by atoms with Crippen LogP contribution >= 0.6 is 0 Å². The van der Waals surface area contributed by atoms with Crippen molar-refractivity contribution >= 4 is 32.0 Å². The van der Waals surface area contributed by atoms with Gasteiger partial charge in [0.1, 0.15) is 0 Å². The third-order valence-corrected chi connectivity index (χ3v) is 9.37. The quantitative estimate of drug-likeness (QED) is 0.220. The molecule has 0 radical (unpaired) electrons. The van der Waals surface area contributed by atoms with E-state index in [-0.39, 0.29) is 0 Å². The number of hydrogen-bond acceptors (Lipinski definition) is 2. The van der Waals surface area contributed by atoms with Crippen molar-refractivity contribution in [3.63, 3.8) is 0 Å². The molecule has 0 aromatic heterocycles. The van der Waals surface area contributed by atoms with E-state index >= 15 is 0 Å². The van der Waals surface area contributed by atoms with E-state index in [0.29, 0.717) is 11.8 Å². The predicted octanol–water partition coefficient (Wildman–Crippen LogP) is 8.91. The van der Waals surface area contributed by atoms with Crippen LogP contribution in [-0.4, -0.2) is 20.6 Å². The molecule has 2 nitrogen and oxygen atoms in total. The summed E-state index contributed by atoms with van der Waals surface area (Å²) in [7, 11) is 0. The molecule has 0 amide bonds. The van der Waals surface area contributed by atoms with E-state index in [1.165, 1.54) is 44.1 Å². The van der Waals surface area contributed by atoms with Gasteiger partial charge in [-0.05, 0) is 64.6 Å². The number of rotatable bonds is 11. The van der Waals surface area contributed by atoms with E-state index in [9.17, 15) is 0 Å². The number of benzene rings is 3. The molecular weight excluding hydrogens is 427 g/mol. The van der Waals surface area contributed by atoms with Gasteiger partial charge >= 0.3 is 14.4 Å². The van der Waals surface area contributed by atoms with Crippen molar-refractivity contribution in [2.45, 2.75) is 76.8 Å². The third kappa shape index (κ3) is 7.08. The first kappa shape index (κ1) is 26.3. The van der Waals surface area contributed by atoms with E-state index in [1.807, 2.05) is 6.21 Å². The summed E-state index contributed by atoms with van der Waals surface area (Å²) in [6.07, 6.45) is 4.18. The highest BCUT2D eigenvalue weighted by molar-refractivity contribution is 6.62. The highest BCUT2D eigenvalue weighted by Gasteiger charge is 2.21. The van der Waals surface area contributed by atoms with Crippen LogP contribution in [0.5, 0.6) is 0 Å². The Hall–Kier alpha value is -2.34. The van der Waals surface area contributed by atoms with Gasteiger partial charge in [0.2, 0.25) is 0 Å². The average molecular weight is 469 g/mol. The Morgan fingerprint density at radius 2 is 1.53 bits per heavy atom. The van der Waals surface area contributed by atoms with Gasteiger partial charge in [0.15, 0.2) is 0 Å². The van der Waals surface area contributed by atoms with Gasteiger partial charge in [-0.25, -0.2) is 0 Å². The Morgan fingerprint density at radius 1 is 0.853 bits per heavy atom. The van der Waals surface area contributed by atoms with Crippen molar-refractivity contribution in [3.05, 3.63) is 94.5 Å². The summed E-state index contributed by atoms with van der Waals surface area (Å²) < 4.78 is 4.09. The second-order valence-corrected chi connectivity index (χ2v) is 13.0. The summed E-state index contributed by atoms with van der Waals surface area (Å²) in [5, 5.41) is 2.47. The largest absolute Gasteiger partial charge is 0.476 e. The smallest absolute Gasteiger partial charge is 0.411 e. The molecule has 0 unspecified atom stereocenters. The standard InChI is InChI=1S/C17H18N.C12H18N.C2H5.Al/c1-3-14-8-7-11-17(12-14)18-13-16-10-6-5-9-15(16)4-2;1-8(2)10-6-5-7-11(9(3)4)12(10)13;1-2;/h5-13H,2-4H2,1H3;5-9,13H,1-4H3;1H2,2H3;/q;-1;;+1. The van der Waals surface area contributed by atoms with Crippen LogP contribution in [0.15, 0.2) is 71.7 Å². The lowest BCUT2D eigenvalue weighted by molar-refractivity contribution is 0.839. The van der Waals surface area contributed by atoms with Gasteiger partial charge in [0, 0.05) is 11.9 Å². The minimum absolute atomic E-state index is 0.524. The fourth-order valence-corrected chi connectivity index (χ4v) is 6.68. The second-order valence-electron chi connectivity index (χ2n) is 9.89. The molecule has 0 spiro atoms. The van der Waals surface area contributed by atoms with E-state index in [4.69, 9.17) is 4.99 Å². The minimum Gasteiger partial charge on any atom is -0.476 e. The first-order valence-electron chi connectivity index (χ1n) is 13.0. The van der Waals surface area contributed by atoms with Crippen LogP contribution in [0.2, 0.25) is 10.6 Å². The molecule has 0 aliphatic heterocycles. The molecule has 0 atom stereocenters. The molecular formula is C31H41AlN2. The summed E-state index contributed by atoms with van der Waals surface area (Å²) in [6, 6.07) is 24.1. The number of anilines is 1. The maximum Gasteiger partial charge on any atom is 0.411 e. The highest BCUT2D eigenvalue weighted by atomic mass is 27.2. The number of hydrogen-bond donors (Lipinski definition) is 1. The van der Waals surface area contributed by atoms with E-state index in [0.717, 1.165) is 18.5 Å². The van der Waals surface area contributed by atoms with Gasteiger partial charge in [-0.15, -0.1) is 0 Å². The van der Waals surface area contributed by atoms with Crippen molar-refractivity contribution in [1.29, 1.82) is 0 Å². The van der Waals surface area contributed by atoms with Crippen molar-refractivity contribution < 1.29 is 0 Å². The number of nitrogens with zero attached hydrogens (tertiary/aromatic N) is 1. The van der Waals surface area contributed by atoms with Gasteiger partial charge in [-0.2, -0.15) is 0 Å². The maximum atomic E-state index is 4.79. The van der Waals surface area contributed by atoms with Crippen LogP contribution in [0, 0.1) is 0 Å². The first-order chi connectivity index (χ1) is 16.4. The fraction of sp³-hybridized carbons (Fsp3) is 0.387. The molecule has 0 aliphatic carbocycles. The van der Waals surface area contributed by atoms with Crippen LogP contribution in [-0.2, 0) is 12.8 Å². The third-order valence-electron chi connectivity index (χ3n) is 6.70. The molecule has 3 heteroatoms. The topological polar surface area (TPSA) is 24.4 Å². The average Bonchev–Trinajstić information content (AvgIpc) is 2.85. The van der Waals surface area contributed by atoms with Gasteiger partial charge in [-0.3, -0.25) is 4.99 Å². The van der Waals surface area contributed by atoms with Crippen LogP contribution in [0.4, 0.5) is 11.4 Å². The Bertz CT molecular complexity index is 1060. The van der Waals surface area contributed by atoms with Gasteiger partial charge in [0.25, 0.3) is 0 Å². The zero-order valence-corrected chi connectivity index (χ0v) is 23.1. The Kier molecular flexibility index (Phi) is 10.00. The van der Waals surface area contributed by atoms with Crippen LogP contribution in [0.3, 0.4) is 0 Å². The predicted molar refractivity (Wildman–Crippen MR) is 153 cm³/mol. The SMILES string of the molecule is CCc1cccc(N=Cc2ccccc2C[CH2][Al]([CH2]C)[NH]c2c(C(C)C)cccc2C(C)C)c1. The summed E-state index contributed by atoms with van der Waals surface area (Å²) in [4.78, 5) is 4.79. The summed E-state index contributed by atoms with van der Waals surface area (Å²) in [5.74, 6) is 1.05. The van der Waals surface area contributed by atoms with Crippen molar-refractivity contribution in [2.75, 3.05) is 4.30 Å². The normalized spacial score (nSPS) is 11.5. The second kappa shape index (κ2) is 12.9. The zero-order chi connectivity index (χ0) is 24.5. The molecule has 178 valence electrons. The fourth-order valence-electron chi connectivity index (χ4n) is 4.52. The van der Waals surface area contributed by atoms with Crippen LogP contribution in [0.1, 0.15) is 81.2 Å². The molecule has 34 heavy (non-hydrogen) atoms. The molecule has 3 aromatic carbocycles. The molecule has 0 saturated heterocycles. The molecule has 0 fully saturated rings. The van der Waals surface area contributed by atoms with Gasteiger partial charge in [-0.1, -0.05) is 107 Å². The number of nitrogens with one attached hydrogen (secondary N) is 1. The molecule has 1 N–H and O–H groups in total. The van der Waals surface area contributed by atoms with Crippen molar-refractivity contribution in [1.82, 2.24) is 0 Å². The molecule has 0 aliphatic rings. The van der Waals surface area contributed by atoms with Crippen LogP contribution < -0.4 is 4.30 Å². The van der Waals surface area contributed by atoms with E-state index in [1.54, 1.807) is 0 Å². The van der Waals surface area contributed by atoms with Crippen molar-refractivity contribution in [3.8, 4) is 0 Å². The monoisotopic (exact) mass is 468 g/mol.